The van der Waals surface area contributed by atoms with Crippen molar-refractivity contribution in [1.29, 1.82) is 0 Å². The highest BCUT2D eigenvalue weighted by atomic mass is 16.5. The van der Waals surface area contributed by atoms with Crippen molar-refractivity contribution >= 4 is 5.91 Å². The van der Waals surface area contributed by atoms with Crippen LogP contribution in [0.4, 0.5) is 0 Å². The van der Waals surface area contributed by atoms with Crippen LogP contribution in [0, 0.1) is 0 Å². The van der Waals surface area contributed by atoms with Crippen LogP contribution < -0.4 is 0 Å². The van der Waals surface area contributed by atoms with Crippen molar-refractivity contribution < 1.29 is 9.53 Å². The first-order valence-corrected chi connectivity index (χ1v) is 7.79. The lowest BCUT2D eigenvalue weighted by atomic mass is 9.91. The Labute approximate surface area is 125 Å². The number of carbonyl (C=O) groups excluding carboxylic acids is 1. The van der Waals surface area contributed by atoms with Gasteiger partial charge in [0.25, 0.3) is 0 Å². The third kappa shape index (κ3) is 3.63. The van der Waals surface area contributed by atoms with Crippen LogP contribution in [-0.4, -0.2) is 71.4 Å². The van der Waals surface area contributed by atoms with Crippen LogP contribution in [0.15, 0.2) is 12.4 Å². The number of morpholine rings is 1. The lowest BCUT2D eigenvalue weighted by Gasteiger charge is -2.33. The van der Waals surface area contributed by atoms with E-state index in [1.54, 1.807) is 0 Å². The number of amides is 1. The summed E-state index contributed by atoms with van der Waals surface area (Å²) in [6.07, 6.45) is 6.31. The van der Waals surface area contributed by atoms with E-state index < -0.39 is 0 Å². The van der Waals surface area contributed by atoms with Gasteiger partial charge in [-0.2, -0.15) is 5.10 Å². The van der Waals surface area contributed by atoms with E-state index in [2.05, 4.69) is 16.2 Å². The van der Waals surface area contributed by atoms with E-state index in [-0.39, 0.29) is 5.91 Å². The minimum Gasteiger partial charge on any atom is -0.378 e. The minimum atomic E-state index is 0.248. The zero-order valence-electron chi connectivity index (χ0n) is 12.7. The second kappa shape index (κ2) is 6.58. The Morgan fingerprint density at radius 2 is 2.00 bits per heavy atom. The average Bonchev–Trinajstić information content (AvgIpc) is 2.95. The van der Waals surface area contributed by atoms with E-state index in [0.29, 0.717) is 25.7 Å². The van der Waals surface area contributed by atoms with Gasteiger partial charge in [0.1, 0.15) is 0 Å². The first-order valence-electron chi connectivity index (χ1n) is 7.79. The topological polar surface area (TPSA) is 50.6 Å². The largest absolute Gasteiger partial charge is 0.378 e. The molecule has 1 aromatic rings. The molecule has 2 aliphatic rings. The smallest absolute Gasteiger partial charge is 0.236 e. The number of aryl methyl sites for hydroxylation is 1. The maximum absolute atomic E-state index is 12.2. The summed E-state index contributed by atoms with van der Waals surface area (Å²) in [4.78, 5) is 16.4. The molecule has 21 heavy (non-hydrogen) atoms. The first-order chi connectivity index (χ1) is 10.2. The molecule has 1 aromatic heterocycles. The van der Waals surface area contributed by atoms with E-state index in [1.807, 2.05) is 22.8 Å². The molecule has 0 unspecified atom stereocenters. The average molecular weight is 292 g/mol. The molecule has 0 saturated carbocycles. The molecule has 3 rings (SSSR count). The number of nitrogens with zero attached hydrogens (tertiary/aromatic N) is 4. The Morgan fingerprint density at radius 1 is 1.29 bits per heavy atom. The third-order valence-electron chi connectivity index (χ3n) is 4.51. The summed E-state index contributed by atoms with van der Waals surface area (Å²) >= 11 is 0. The molecule has 0 radical (unpaired) electrons. The van der Waals surface area contributed by atoms with Crippen LogP contribution in [0.2, 0.25) is 0 Å². The standard InChI is InChI=1S/C15H24N4O2/c1-17-11-14(10-16-17)13-2-4-18(5-3-13)12-15(20)19-6-8-21-9-7-19/h10-11,13H,2-9,12H2,1H3. The van der Waals surface area contributed by atoms with Crippen molar-refractivity contribution in [2.75, 3.05) is 45.9 Å². The molecule has 0 spiro atoms. The molecule has 0 atom stereocenters. The number of piperidine rings is 1. The van der Waals surface area contributed by atoms with Crippen molar-refractivity contribution in [2.24, 2.45) is 7.05 Å². The predicted molar refractivity (Wildman–Crippen MR) is 79.0 cm³/mol. The third-order valence-corrected chi connectivity index (χ3v) is 4.51. The Balaban J connectivity index is 1.46. The lowest BCUT2D eigenvalue weighted by Crippen LogP contribution is -2.47. The molecule has 6 heteroatoms. The maximum atomic E-state index is 12.2. The highest BCUT2D eigenvalue weighted by molar-refractivity contribution is 5.78. The van der Waals surface area contributed by atoms with Crippen LogP contribution in [0.1, 0.15) is 24.3 Å². The number of carbonyl (C=O) groups is 1. The summed E-state index contributed by atoms with van der Waals surface area (Å²) in [7, 11) is 1.96. The van der Waals surface area contributed by atoms with Crippen molar-refractivity contribution in [3.63, 3.8) is 0 Å². The van der Waals surface area contributed by atoms with Gasteiger partial charge in [0.2, 0.25) is 5.91 Å². The summed E-state index contributed by atoms with van der Waals surface area (Å²) in [5, 5.41) is 4.25. The second-order valence-corrected chi connectivity index (χ2v) is 5.99. The van der Waals surface area contributed by atoms with Crippen LogP contribution >= 0.6 is 0 Å². The predicted octanol–water partition coefficient (Wildman–Crippen LogP) is 0.458. The van der Waals surface area contributed by atoms with Crippen LogP contribution in [0.3, 0.4) is 0 Å². The van der Waals surface area contributed by atoms with E-state index in [9.17, 15) is 4.79 Å². The van der Waals surface area contributed by atoms with Gasteiger partial charge >= 0.3 is 0 Å². The SMILES string of the molecule is Cn1cc(C2CCN(CC(=O)N3CCOCC3)CC2)cn1. The Kier molecular flexibility index (Phi) is 4.55. The molecule has 0 bridgehead atoms. The Morgan fingerprint density at radius 3 is 2.62 bits per heavy atom. The zero-order chi connectivity index (χ0) is 14.7. The summed E-state index contributed by atoms with van der Waals surface area (Å²) in [6, 6.07) is 0. The highest BCUT2D eigenvalue weighted by Gasteiger charge is 2.25. The van der Waals surface area contributed by atoms with Gasteiger partial charge < -0.3 is 9.64 Å². The van der Waals surface area contributed by atoms with Crippen molar-refractivity contribution in [1.82, 2.24) is 19.6 Å². The summed E-state index contributed by atoms with van der Waals surface area (Å²) in [5.74, 6) is 0.839. The summed E-state index contributed by atoms with van der Waals surface area (Å²) < 4.78 is 7.15. The first kappa shape index (κ1) is 14.5. The molecule has 116 valence electrons. The zero-order valence-corrected chi connectivity index (χ0v) is 12.7. The van der Waals surface area contributed by atoms with Gasteiger partial charge in [0.15, 0.2) is 0 Å². The molecule has 2 fully saturated rings. The summed E-state index contributed by atoms with van der Waals surface area (Å²) in [6.45, 7) is 5.38. The van der Waals surface area contributed by atoms with Gasteiger partial charge in [-0.1, -0.05) is 0 Å². The molecular weight excluding hydrogens is 268 g/mol. The summed E-state index contributed by atoms with van der Waals surface area (Å²) in [5.41, 5.74) is 1.33. The Bertz CT molecular complexity index is 474. The van der Waals surface area contributed by atoms with E-state index in [4.69, 9.17) is 4.74 Å². The maximum Gasteiger partial charge on any atom is 0.236 e. The number of hydrogen-bond acceptors (Lipinski definition) is 4. The quantitative estimate of drug-likeness (QED) is 0.812. The molecule has 2 aliphatic heterocycles. The van der Waals surface area contributed by atoms with Gasteiger partial charge in [-0.05, 0) is 37.4 Å². The van der Waals surface area contributed by atoms with Crippen LogP contribution in [0.5, 0.6) is 0 Å². The van der Waals surface area contributed by atoms with E-state index >= 15 is 0 Å². The number of aromatic nitrogens is 2. The molecule has 0 aliphatic carbocycles. The van der Waals surface area contributed by atoms with Crippen molar-refractivity contribution in [3.05, 3.63) is 18.0 Å². The minimum absolute atomic E-state index is 0.248. The van der Waals surface area contributed by atoms with E-state index in [0.717, 1.165) is 39.0 Å². The number of ether oxygens (including phenoxy) is 1. The molecular formula is C15H24N4O2. The van der Waals surface area contributed by atoms with Crippen LogP contribution in [0.25, 0.3) is 0 Å². The van der Waals surface area contributed by atoms with Gasteiger partial charge in [-0.15, -0.1) is 0 Å². The Hall–Kier alpha value is -1.40. The number of hydrogen-bond donors (Lipinski definition) is 0. The fourth-order valence-electron chi connectivity index (χ4n) is 3.18. The fraction of sp³-hybridized carbons (Fsp3) is 0.733. The van der Waals surface area contributed by atoms with Crippen molar-refractivity contribution in [3.8, 4) is 0 Å². The normalized spacial score (nSPS) is 21.7. The number of rotatable bonds is 3. The van der Waals surface area contributed by atoms with Gasteiger partial charge in [-0.25, -0.2) is 0 Å². The van der Waals surface area contributed by atoms with Crippen LogP contribution in [-0.2, 0) is 16.6 Å². The highest BCUT2D eigenvalue weighted by Crippen LogP contribution is 2.27. The fourth-order valence-corrected chi connectivity index (χ4v) is 3.18. The molecule has 0 aromatic carbocycles. The van der Waals surface area contributed by atoms with Gasteiger partial charge in [-0.3, -0.25) is 14.4 Å². The van der Waals surface area contributed by atoms with Gasteiger partial charge in [0.05, 0.1) is 26.0 Å². The molecule has 3 heterocycles. The lowest BCUT2D eigenvalue weighted by molar-refractivity contribution is -0.136. The van der Waals surface area contributed by atoms with E-state index in [1.165, 1.54) is 5.56 Å². The molecule has 6 nitrogen and oxygen atoms in total. The second-order valence-electron chi connectivity index (χ2n) is 5.99. The molecule has 2 saturated heterocycles. The monoisotopic (exact) mass is 292 g/mol. The van der Waals surface area contributed by atoms with Crippen molar-refractivity contribution in [2.45, 2.75) is 18.8 Å². The van der Waals surface area contributed by atoms with Gasteiger partial charge in [0, 0.05) is 26.3 Å². The molecule has 1 amide bonds. The number of likely N-dealkylation sites (tertiary alicyclic amines) is 1. The molecule has 0 N–H and O–H groups in total.